The Hall–Kier alpha value is -1.84. The molecule has 2 aromatic rings. The lowest BCUT2D eigenvalue weighted by Gasteiger charge is -2.22. The van der Waals surface area contributed by atoms with Gasteiger partial charge >= 0.3 is 0 Å². The number of rotatable bonds is 15. The van der Waals surface area contributed by atoms with Crippen LogP contribution in [-0.2, 0) is 13.2 Å². The highest BCUT2D eigenvalue weighted by molar-refractivity contribution is 5.34. The molecule has 3 heteroatoms. The Morgan fingerprint density at radius 3 is 2.10 bits per heavy atom. The van der Waals surface area contributed by atoms with E-state index in [0.717, 1.165) is 18.8 Å². The van der Waals surface area contributed by atoms with Crippen LogP contribution in [0.15, 0.2) is 48.5 Å². The van der Waals surface area contributed by atoms with Crippen molar-refractivity contribution in [2.24, 2.45) is 0 Å². The van der Waals surface area contributed by atoms with Crippen LogP contribution in [0, 0.1) is 6.92 Å². The van der Waals surface area contributed by atoms with Gasteiger partial charge in [0.15, 0.2) is 0 Å². The van der Waals surface area contributed by atoms with Gasteiger partial charge in [-0.15, -0.1) is 0 Å². The van der Waals surface area contributed by atoms with Crippen LogP contribution in [0.3, 0.4) is 0 Å². The van der Waals surface area contributed by atoms with Gasteiger partial charge < -0.3 is 15.0 Å². The molecular formula is C26H40N2O. The van der Waals surface area contributed by atoms with Crippen molar-refractivity contribution in [3.63, 3.8) is 0 Å². The molecule has 29 heavy (non-hydrogen) atoms. The number of benzene rings is 2. The van der Waals surface area contributed by atoms with Gasteiger partial charge in [-0.05, 0) is 69.6 Å². The zero-order chi connectivity index (χ0) is 20.7. The van der Waals surface area contributed by atoms with Crippen molar-refractivity contribution in [2.45, 2.75) is 66.0 Å². The first-order valence-electron chi connectivity index (χ1n) is 11.4. The Bertz CT molecular complexity index is 678. The zero-order valence-electron chi connectivity index (χ0n) is 18.8. The summed E-state index contributed by atoms with van der Waals surface area (Å²) in [5.41, 5.74) is 3.75. The molecule has 0 aliphatic carbocycles. The summed E-state index contributed by atoms with van der Waals surface area (Å²) in [6.45, 7) is 12.9. The number of nitrogens with zero attached hydrogens (tertiary/aromatic N) is 1. The Morgan fingerprint density at radius 2 is 1.41 bits per heavy atom. The highest BCUT2D eigenvalue weighted by Gasteiger charge is 2.06. The van der Waals surface area contributed by atoms with Crippen LogP contribution in [-0.4, -0.2) is 31.1 Å². The van der Waals surface area contributed by atoms with E-state index in [0.29, 0.717) is 6.61 Å². The molecule has 0 aliphatic heterocycles. The van der Waals surface area contributed by atoms with Crippen molar-refractivity contribution in [3.8, 4) is 5.75 Å². The summed E-state index contributed by atoms with van der Waals surface area (Å²) >= 11 is 0. The first-order chi connectivity index (χ1) is 14.2. The quantitative estimate of drug-likeness (QED) is 0.376. The summed E-state index contributed by atoms with van der Waals surface area (Å²) in [6.07, 6.45) is 6.37. The third-order valence-electron chi connectivity index (χ3n) is 5.42. The van der Waals surface area contributed by atoms with Crippen LogP contribution < -0.4 is 10.1 Å². The number of nitrogens with one attached hydrogen (secondary N) is 1. The lowest BCUT2D eigenvalue weighted by Crippen LogP contribution is -2.29. The molecule has 0 radical (unpaired) electrons. The zero-order valence-corrected chi connectivity index (χ0v) is 18.8. The Labute approximate surface area is 178 Å². The van der Waals surface area contributed by atoms with Crippen molar-refractivity contribution in [1.82, 2.24) is 10.2 Å². The molecule has 0 spiro atoms. The third kappa shape index (κ3) is 9.01. The van der Waals surface area contributed by atoms with Gasteiger partial charge in [0.1, 0.15) is 12.4 Å². The Morgan fingerprint density at radius 1 is 0.793 bits per heavy atom. The highest BCUT2D eigenvalue weighted by atomic mass is 16.5. The van der Waals surface area contributed by atoms with Crippen LogP contribution in [0.2, 0.25) is 0 Å². The second-order valence-electron chi connectivity index (χ2n) is 7.90. The van der Waals surface area contributed by atoms with Gasteiger partial charge in [0.2, 0.25) is 0 Å². The molecule has 0 fully saturated rings. The maximum atomic E-state index is 6.14. The van der Waals surface area contributed by atoms with Crippen molar-refractivity contribution < 1.29 is 4.74 Å². The molecule has 0 heterocycles. The molecule has 0 saturated heterocycles. The van der Waals surface area contributed by atoms with E-state index in [1.54, 1.807) is 0 Å². The molecule has 160 valence electrons. The van der Waals surface area contributed by atoms with Crippen LogP contribution in [0.25, 0.3) is 0 Å². The van der Waals surface area contributed by atoms with E-state index in [1.807, 2.05) is 0 Å². The van der Waals surface area contributed by atoms with Gasteiger partial charge in [-0.1, -0.05) is 69.2 Å². The molecule has 0 saturated carbocycles. The first kappa shape index (κ1) is 23.4. The summed E-state index contributed by atoms with van der Waals surface area (Å²) in [7, 11) is 0. The van der Waals surface area contributed by atoms with Gasteiger partial charge in [-0.25, -0.2) is 0 Å². The van der Waals surface area contributed by atoms with Gasteiger partial charge in [-0.3, -0.25) is 0 Å². The van der Waals surface area contributed by atoms with Crippen molar-refractivity contribution >= 4 is 0 Å². The molecule has 0 unspecified atom stereocenters. The lowest BCUT2D eigenvalue weighted by atomic mass is 10.1. The monoisotopic (exact) mass is 396 g/mol. The van der Waals surface area contributed by atoms with Crippen LogP contribution in [0.1, 0.15) is 62.6 Å². The Kier molecular flexibility index (Phi) is 11.5. The summed E-state index contributed by atoms with van der Waals surface area (Å²) in [5.74, 6) is 0.982. The number of hydrogen-bond acceptors (Lipinski definition) is 3. The van der Waals surface area contributed by atoms with Gasteiger partial charge in [0, 0.05) is 12.1 Å². The predicted octanol–water partition coefficient (Wildman–Crippen LogP) is 5.96. The first-order valence-corrected chi connectivity index (χ1v) is 11.4. The van der Waals surface area contributed by atoms with E-state index in [2.05, 4.69) is 79.5 Å². The molecule has 3 nitrogen and oxygen atoms in total. The lowest BCUT2D eigenvalue weighted by molar-refractivity contribution is 0.260. The third-order valence-corrected chi connectivity index (χ3v) is 5.42. The van der Waals surface area contributed by atoms with E-state index < -0.39 is 0 Å². The van der Waals surface area contributed by atoms with Gasteiger partial charge in [-0.2, -0.15) is 0 Å². The molecule has 0 aliphatic rings. The predicted molar refractivity (Wildman–Crippen MR) is 125 cm³/mol. The fraction of sp³-hybridized carbons (Fsp3) is 0.538. The highest BCUT2D eigenvalue weighted by Crippen LogP contribution is 2.20. The molecule has 0 amide bonds. The van der Waals surface area contributed by atoms with E-state index in [9.17, 15) is 0 Å². The molecule has 2 rings (SSSR count). The summed E-state index contributed by atoms with van der Waals surface area (Å²) in [5, 5.41) is 3.61. The average molecular weight is 397 g/mol. The number of para-hydroxylation sites is 1. The van der Waals surface area contributed by atoms with Crippen LogP contribution >= 0.6 is 0 Å². The van der Waals surface area contributed by atoms with Gasteiger partial charge in [0.05, 0.1) is 0 Å². The fourth-order valence-corrected chi connectivity index (χ4v) is 3.47. The topological polar surface area (TPSA) is 24.5 Å². The average Bonchev–Trinajstić information content (AvgIpc) is 2.75. The van der Waals surface area contributed by atoms with E-state index in [1.165, 1.54) is 68.4 Å². The summed E-state index contributed by atoms with van der Waals surface area (Å²) < 4.78 is 6.14. The summed E-state index contributed by atoms with van der Waals surface area (Å²) in [4.78, 5) is 2.63. The smallest absolute Gasteiger partial charge is 0.124 e. The minimum absolute atomic E-state index is 0.619. The molecule has 0 aromatic heterocycles. The normalized spacial score (nSPS) is 11.2. The van der Waals surface area contributed by atoms with Crippen molar-refractivity contribution in [3.05, 3.63) is 65.2 Å². The SMILES string of the molecule is CCCCN(CCCC)CCCNCc1ccccc1OCc1ccccc1C. The van der Waals surface area contributed by atoms with Gasteiger partial charge in [0.25, 0.3) is 0 Å². The molecule has 0 bridgehead atoms. The maximum Gasteiger partial charge on any atom is 0.124 e. The Balaban J connectivity index is 1.75. The minimum atomic E-state index is 0.619. The second-order valence-corrected chi connectivity index (χ2v) is 7.90. The minimum Gasteiger partial charge on any atom is -0.489 e. The second kappa shape index (κ2) is 14.2. The number of unbranched alkanes of at least 4 members (excludes halogenated alkanes) is 2. The van der Waals surface area contributed by atoms with Crippen molar-refractivity contribution in [2.75, 3.05) is 26.2 Å². The van der Waals surface area contributed by atoms with E-state index in [-0.39, 0.29) is 0 Å². The molecular weight excluding hydrogens is 356 g/mol. The number of aryl methyl sites for hydroxylation is 1. The van der Waals surface area contributed by atoms with E-state index in [4.69, 9.17) is 4.74 Å². The molecule has 2 aromatic carbocycles. The van der Waals surface area contributed by atoms with E-state index >= 15 is 0 Å². The molecule has 0 atom stereocenters. The largest absolute Gasteiger partial charge is 0.489 e. The van der Waals surface area contributed by atoms with Crippen LogP contribution in [0.4, 0.5) is 0 Å². The fourth-order valence-electron chi connectivity index (χ4n) is 3.47. The number of ether oxygens (including phenoxy) is 1. The standard InChI is InChI=1S/C26H40N2O/c1-4-6-18-28(19-7-5-2)20-12-17-27-21-24-14-10-11-16-26(24)29-22-25-15-9-8-13-23(25)3/h8-11,13-16,27H,4-7,12,17-22H2,1-3H3. The van der Waals surface area contributed by atoms with Crippen molar-refractivity contribution in [1.29, 1.82) is 0 Å². The maximum absolute atomic E-state index is 6.14. The van der Waals surface area contributed by atoms with Crippen LogP contribution in [0.5, 0.6) is 5.75 Å². The summed E-state index contributed by atoms with van der Waals surface area (Å²) in [6, 6.07) is 16.8. The molecule has 1 N–H and O–H groups in total. The number of hydrogen-bond donors (Lipinski definition) is 1.